The second-order valence-corrected chi connectivity index (χ2v) is 14.0. The first-order valence-electron chi connectivity index (χ1n) is 15.8. The molecule has 242 valence electrons. The summed E-state index contributed by atoms with van der Waals surface area (Å²) in [6.45, 7) is 12.4. The van der Waals surface area contributed by atoms with Crippen LogP contribution in [0.15, 0.2) is 55.0 Å². The number of ether oxygens (including phenoxy) is 2. The van der Waals surface area contributed by atoms with E-state index >= 15 is 0 Å². The molecule has 46 heavy (non-hydrogen) atoms. The molecule has 0 unspecified atom stereocenters. The SMILES string of the molecule is CC(C)(C)OC(=O)N1CC[C@H](Nc2cc(N(Cc3ccc(-c4ncccn4)cc3)C(=O)OC(C)(C)C)n3ncc(C4CC4)c3n2)C1. The number of fused-ring (bicyclic) bond motifs is 1. The lowest BCUT2D eigenvalue weighted by atomic mass is 10.1. The summed E-state index contributed by atoms with van der Waals surface area (Å²) in [7, 11) is 0. The summed E-state index contributed by atoms with van der Waals surface area (Å²) in [6, 6.07) is 11.4. The molecule has 1 atom stereocenters. The van der Waals surface area contributed by atoms with E-state index in [2.05, 4.69) is 15.3 Å². The minimum atomic E-state index is -0.713. The predicted octanol–water partition coefficient (Wildman–Crippen LogP) is 6.43. The number of nitrogens with zero attached hydrogens (tertiary/aromatic N) is 7. The van der Waals surface area contributed by atoms with Crippen LogP contribution >= 0.6 is 0 Å². The number of aromatic nitrogens is 5. The van der Waals surface area contributed by atoms with Crippen molar-refractivity contribution in [2.24, 2.45) is 0 Å². The fourth-order valence-corrected chi connectivity index (χ4v) is 5.44. The van der Waals surface area contributed by atoms with Crippen molar-refractivity contribution in [2.45, 2.75) is 90.5 Å². The molecule has 1 saturated carbocycles. The van der Waals surface area contributed by atoms with Crippen molar-refractivity contribution in [3.63, 3.8) is 0 Å². The summed E-state index contributed by atoms with van der Waals surface area (Å²) in [5.41, 5.74) is 2.26. The molecular formula is C34H42N8O4. The maximum Gasteiger partial charge on any atom is 0.416 e. The summed E-state index contributed by atoms with van der Waals surface area (Å²) in [5, 5.41) is 8.24. The van der Waals surface area contributed by atoms with E-state index in [1.807, 2.05) is 78.1 Å². The molecule has 0 bridgehead atoms. The lowest BCUT2D eigenvalue weighted by molar-refractivity contribution is 0.0293. The van der Waals surface area contributed by atoms with Crippen molar-refractivity contribution in [2.75, 3.05) is 23.3 Å². The third kappa shape index (κ3) is 7.38. The number of rotatable bonds is 7. The molecule has 4 heterocycles. The Kier molecular flexibility index (Phi) is 8.30. The van der Waals surface area contributed by atoms with Gasteiger partial charge in [0.25, 0.3) is 0 Å². The molecule has 6 rings (SSSR count). The van der Waals surface area contributed by atoms with Crippen LogP contribution in [0.2, 0.25) is 0 Å². The number of carbonyl (C=O) groups is 2. The third-order valence-electron chi connectivity index (χ3n) is 7.70. The molecule has 1 aromatic carbocycles. The second kappa shape index (κ2) is 12.2. The van der Waals surface area contributed by atoms with E-state index < -0.39 is 17.3 Å². The highest BCUT2D eigenvalue weighted by molar-refractivity contribution is 5.88. The minimum Gasteiger partial charge on any atom is -0.444 e. The highest BCUT2D eigenvalue weighted by atomic mass is 16.6. The first-order valence-corrected chi connectivity index (χ1v) is 15.8. The number of likely N-dealkylation sites (tertiary alicyclic amines) is 1. The average molecular weight is 627 g/mol. The van der Waals surface area contributed by atoms with Gasteiger partial charge >= 0.3 is 12.2 Å². The zero-order valence-corrected chi connectivity index (χ0v) is 27.4. The Balaban J connectivity index is 1.33. The van der Waals surface area contributed by atoms with Gasteiger partial charge in [-0.1, -0.05) is 24.3 Å². The molecule has 2 fully saturated rings. The number of amides is 2. The van der Waals surface area contributed by atoms with Gasteiger partial charge in [0.2, 0.25) is 0 Å². The van der Waals surface area contributed by atoms with Crippen LogP contribution in [0.4, 0.5) is 21.2 Å². The maximum atomic E-state index is 13.9. The molecule has 0 spiro atoms. The Bertz CT molecular complexity index is 1710. The Morgan fingerprint density at radius 3 is 2.33 bits per heavy atom. The Morgan fingerprint density at radius 2 is 1.67 bits per heavy atom. The van der Waals surface area contributed by atoms with Crippen LogP contribution in [0, 0.1) is 0 Å². The largest absolute Gasteiger partial charge is 0.444 e. The fourth-order valence-electron chi connectivity index (χ4n) is 5.44. The molecule has 1 N–H and O–H groups in total. The summed E-state index contributed by atoms with van der Waals surface area (Å²) in [5.74, 6) is 2.16. The molecule has 12 nitrogen and oxygen atoms in total. The number of hydrogen-bond acceptors (Lipinski definition) is 9. The van der Waals surface area contributed by atoms with Crippen molar-refractivity contribution in [1.29, 1.82) is 0 Å². The first-order chi connectivity index (χ1) is 21.8. The summed E-state index contributed by atoms with van der Waals surface area (Å²) >= 11 is 0. The van der Waals surface area contributed by atoms with Gasteiger partial charge < -0.3 is 19.7 Å². The lowest BCUT2D eigenvalue weighted by Gasteiger charge is -2.28. The first kappa shape index (κ1) is 31.3. The molecule has 2 aliphatic rings. The molecule has 2 amide bonds. The number of nitrogens with one attached hydrogen (secondary N) is 1. The summed E-state index contributed by atoms with van der Waals surface area (Å²) in [4.78, 5) is 43.6. The van der Waals surface area contributed by atoms with Crippen molar-refractivity contribution in [3.05, 3.63) is 66.1 Å². The van der Waals surface area contributed by atoms with Crippen molar-refractivity contribution in [1.82, 2.24) is 29.5 Å². The van der Waals surface area contributed by atoms with Crippen molar-refractivity contribution < 1.29 is 19.1 Å². The van der Waals surface area contributed by atoms with E-state index in [-0.39, 0.29) is 18.7 Å². The number of hydrogen-bond donors (Lipinski definition) is 1. The average Bonchev–Trinajstić information content (AvgIpc) is 3.56. The molecule has 1 saturated heterocycles. The van der Waals surface area contributed by atoms with Crippen LogP contribution in [0.5, 0.6) is 0 Å². The molecule has 0 radical (unpaired) electrons. The number of anilines is 2. The zero-order valence-electron chi connectivity index (χ0n) is 27.4. The highest BCUT2D eigenvalue weighted by Crippen LogP contribution is 2.42. The highest BCUT2D eigenvalue weighted by Gasteiger charge is 2.33. The van der Waals surface area contributed by atoms with E-state index in [1.165, 1.54) is 0 Å². The van der Waals surface area contributed by atoms with Crippen molar-refractivity contribution >= 4 is 29.5 Å². The van der Waals surface area contributed by atoms with E-state index in [1.54, 1.807) is 32.8 Å². The van der Waals surface area contributed by atoms with Crippen LogP contribution < -0.4 is 10.2 Å². The second-order valence-electron chi connectivity index (χ2n) is 14.0. The van der Waals surface area contributed by atoms with E-state index in [9.17, 15) is 9.59 Å². The zero-order chi connectivity index (χ0) is 32.6. The van der Waals surface area contributed by atoms with Crippen LogP contribution in [-0.2, 0) is 16.0 Å². The van der Waals surface area contributed by atoms with Gasteiger partial charge in [0.05, 0.1) is 12.7 Å². The third-order valence-corrected chi connectivity index (χ3v) is 7.70. The van der Waals surface area contributed by atoms with Gasteiger partial charge in [-0.05, 0) is 78.4 Å². The Morgan fingerprint density at radius 1 is 0.978 bits per heavy atom. The minimum absolute atomic E-state index is 0.0367. The van der Waals surface area contributed by atoms with E-state index in [4.69, 9.17) is 19.6 Å². The van der Waals surface area contributed by atoms with E-state index in [0.717, 1.165) is 36.0 Å². The quantitative estimate of drug-likeness (QED) is 0.247. The molecule has 1 aliphatic carbocycles. The van der Waals surface area contributed by atoms with Gasteiger partial charge in [-0.3, -0.25) is 4.90 Å². The van der Waals surface area contributed by atoms with Crippen LogP contribution in [0.1, 0.15) is 77.8 Å². The van der Waals surface area contributed by atoms with Crippen LogP contribution in [0.25, 0.3) is 17.0 Å². The Labute approximate surface area is 269 Å². The Hall–Kier alpha value is -4.74. The monoisotopic (exact) mass is 626 g/mol. The standard InChI is InChI=1S/C34H42N8O4/c1-33(2,3)45-31(43)40-17-14-25(21-40)38-27-18-28(42-30(39-27)26(19-37-42)23-12-13-23)41(32(44)46-34(4,5)6)20-22-8-10-24(11-9-22)29-35-15-7-16-36-29/h7-11,15-16,18-19,23,25H,12-14,17,20-21H2,1-6H3,(H,38,39)/t25-/m0/s1. The fraction of sp³-hybridized carbons (Fsp3) is 0.471. The summed E-state index contributed by atoms with van der Waals surface area (Å²) < 4.78 is 13.2. The van der Waals surface area contributed by atoms with Crippen LogP contribution in [0.3, 0.4) is 0 Å². The molecule has 4 aromatic rings. The lowest BCUT2D eigenvalue weighted by Crippen LogP contribution is -2.38. The smallest absolute Gasteiger partial charge is 0.416 e. The molecule has 1 aliphatic heterocycles. The number of benzene rings is 1. The maximum absolute atomic E-state index is 13.9. The van der Waals surface area contributed by atoms with Gasteiger partial charge in [0, 0.05) is 48.7 Å². The van der Waals surface area contributed by atoms with Crippen molar-refractivity contribution in [3.8, 4) is 11.4 Å². The van der Waals surface area contributed by atoms with Gasteiger partial charge in [0.15, 0.2) is 11.5 Å². The summed E-state index contributed by atoms with van der Waals surface area (Å²) in [6.07, 6.45) is 7.35. The van der Waals surface area contributed by atoms with Gasteiger partial charge in [-0.2, -0.15) is 9.61 Å². The van der Waals surface area contributed by atoms with Gasteiger partial charge in [0.1, 0.15) is 22.8 Å². The van der Waals surface area contributed by atoms with E-state index in [0.29, 0.717) is 42.1 Å². The molecule has 3 aromatic heterocycles. The molecule has 12 heteroatoms. The van der Waals surface area contributed by atoms with Crippen LogP contribution in [-0.4, -0.2) is 72.0 Å². The molecular weight excluding hydrogens is 584 g/mol. The normalized spacial score (nSPS) is 16.8. The van der Waals surface area contributed by atoms with Gasteiger partial charge in [-0.15, -0.1) is 0 Å². The predicted molar refractivity (Wildman–Crippen MR) is 175 cm³/mol. The van der Waals surface area contributed by atoms with Gasteiger partial charge in [-0.25, -0.2) is 24.5 Å². The topological polar surface area (TPSA) is 127 Å². The number of carbonyl (C=O) groups excluding carboxylic acids is 2.